The van der Waals surface area contributed by atoms with Crippen molar-refractivity contribution in [1.82, 2.24) is 0 Å². The molecule has 0 bridgehead atoms. The minimum atomic E-state index is -1.05. The van der Waals surface area contributed by atoms with Crippen LogP contribution in [0.2, 0.25) is 0 Å². The van der Waals surface area contributed by atoms with Crippen molar-refractivity contribution in [3.05, 3.63) is 0 Å². The van der Waals surface area contributed by atoms with E-state index in [0.29, 0.717) is 49.1 Å². The average molecular weight is 322 g/mol. The van der Waals surface area contributed by atoms with E-state index in [0.717, 1.165) is 0 Å². The molecule has 2 saturated heterocycles. The minimum Gasteiger partial charge on any atom is -0.616 e. The number of rotatable bonds is 9. The van der Waals surface area contributed by atoms with Gasteiger partial charge in [-0.2, -0.15) is 0 Å². The molecule has 4 atom stereocenters. The van der Waals surface area contributed by atoms with Crippen LogP contribution in [-0.2, 0) is 41.4 Å². The van der Waals surface area contributed by atoms with Crippen LogP contribution in [0.25, 0.3) is 0 Å². The topological polar surface area (TPSA) is 98.7 Å². The van der Waals surface area contributed by atoms with Crippen molar-refractivity contribution >= 4 is 34.3 Å². The lowest BCUT2D eigenvalue weighted by molar-refractivity contribution is -0.169. The van der Waals surface area contributed by atoms with Gasteiger partial charge in [0.2, 0.25) is 0 Å². The van der Waals surface area contributed by atoms with Crippen molar-refractivity contribution in [2.45, 2.75) is 12.8 Å². The summed E-state index contributed by atoms with van der Waals surface area (Å²) < 4.78 is 32.7. The van der Waals surface area contributed by atoms with Crippen LogP contribution < -0.4 is 0 Å². The van der Waals surface area contributed by atoms with Crippen LogP contribution in [-0.4, -0.2) is 57.3 Å². The number of cyclic esters (lactones) is 2. The van der Waals surface area contributed by atoms with Gasteiger partial charge in [0.15, 0.2) is 0 Å². The molecule has 2 aliphatic heterocycles. The summed E-state index contributed by atoms with van der Waals surface area (Å²) in [5.74, 6) is 1.03. The Balaban J connectivity index is 1.49. The second-order valence-electron chi connectivity index (χ2n) is 4.93. The van der Waals surface area contributed by atoms with Crippen molar-refractivity contribution in [3.63, 3.8) is 0 Å². The molecule has 2 rings (SSSR count). The van der Waals surface area contributed by atoms with Crippen LogP contribution in [0.4, 0.5) is 0 Å². The van der Waals surface area contributed by atoms with Gasteiger partial charge in [0.25, 0.3) is 0 Å². The monoisotopic (exact) mass is 322 g/mol. The zero-order valence-corrected chi connectivity index (χ0v) is 12.7. The Kier molecular flexibility index (Phi) is 6.01. The highest BCUT2D eigenvalue weighted by molar-refractivity contribution is 7.95. The molecule has 8 heteroatoms. The van der Waals surface area contributed by atoms with E-state index in [9.17, 15) is 18.7 Å². The Morgan fingerprint density at radius 3 is 1.50 bits per heavy atom. The van der Waals surface area contributed by atoms with E-state index < -0.39 is 22.4 Å². The molecule has 2 fully saturated rings. The maximum Gasteiger partial charge on any atom is 0.312 e. The van der Waals surface area contributed by atoms with Gasteiger partial charge in [0.1, 0.15) is 36.2 Å². The minimum absolute atomic E-state index is 0.103. The number of carbonyl (C=O) groups excluding carboxylic acids is 2. The van der Waals surface area contributed by atoms with Gasteiger partial charge in [0.05, 0.1) is 11.8 Å². The lowest BCUT2D eigenvalue weighted by Crippen LogP contribution is -2.37. The average Bonchev–Trinajstić information content (AvgIpc) is 2.42. The number of hydrogen-bond acceptors (Lipinski definition) is 6. The van der Waals surface area contributed by atoms with Crippen LogP contribution in [0.5, 0.6) is 0 Å². The van der Waals surface area contributed by atoms with Crippen molar-refractivity contribution in [2.24, 2.45) is 11.8 Å². The van der Waals surface area contributed by atoms with E-state index >= 15 is 0 Å². The largest absolute Gasteiger partial charge is 0.616 e. The Morgan fingerprint density at radius 1 is 0.850 bits per heavy atom. The van der Waals surface area contributed by atoms with E-state index in [1.54, 1.807) is 0 Å². The zero-order chi connectivity index (χ0) is 14.5. The summed E-state index contributed by atoms with van der Waals surface area (Å²) in [6, 6.07) is 0. The summed E-state index contributed by atoms with van der Waals surface area (Å²) in [5.41, 5.74) is 0. The van der Waals surface area contributed by atoms with Gasteiger partial charge in [-0.15, -0.1) is 0 Å². The van der Waals surface area contributed by atoms with Crippen LogP contribution >= 0.6 is 0 Å². The molecule has 0 N–H and O–H groups in total. The first-order valence-electron chi connectivity index (χ1n) is 6.59. The third kappa shape index (κ3) is 4.54. The normalized spacial score (nSPS) is 27.9. The van der Waals surface area contributed by atoms with E-state index in [1.807, 2.05) is 0 Å². The fraction of sp³-hybridized carbons (Fsp3) is 0.833. The summed E-state index contributed by atoms with van der Waals surface area (Å²) in [7, 11) is 0. The third-order valence-corrected chi connectivity index (χ3v) is 6.41. The molecular weight excluding hydrogens is 304 g/mol. The molecule has 0 aliphatic carbocycles. The maximum atomic E-state index is 11.7. The van der Waals surface area contributed by atoms with Gasteiger partial charge in [-0.1, -0.05) is 0 Å². The van der Waals surface area contributed by atoms with Gasteiger partial charge in [-0.25, -0.2) is 0 Å². The van der Waals surface area contributed by atoms with Gasteiger partial charge >= 0.3 is 11.9 Å². The molecule has 0 aromatic rings. The Bertz CT molecular complexity index is 330. The number of carbonyl (C=O) groups is 2. The van der Waals surface area contributed by atoms with Crippen molar-refractivity contribution in [1.29, 1.82) is 0 Å². The molecule has 4 unspecified atom stereocenters. The number of hydrogen-bond donors (Lipinski definition) is 0. The summed E-state index contributed by atoms with van der Waals surface area (Å²) in [4.78, 5) is 21.8. The van der Waals surface area contributed by atoms with Crippen molar-refractivity contribution in [3.8, 4) is 0 Å². The predicted octanol–water partition coefficient (Wildman–Crippen LogP) is -0.390. The molecular formula is C12H18O6S2. The molecule has 20 heavy (non-hydrogen) atoms. The zero-order valence-electron chi connectivity index (χ0n) is 11.1. The Hall–Kier alpha value is -0.440. The van der Waals surface area contributed by atoms with Gasteiger partial charge < -0.3 is 18.6 Å². The molecule has 0 aromatic heterocycles. The molecule has 6 nitrogen and oxygen atoms in total. The third-order valence-electron chi connectivity index (χ3n) is 3.45. The molecule has 114 valence electrons. The van der Waals surface area contributed by atoms with Crippen molar-refractivity contribution < 1.29 is 28.2 Å². The number of esters is 2. The molecule has 2 aliphatic rings. The second kappa shape index (κ2) is 7.53. The molecule has 0 spiro atoms. The Labute approximate surface area is 123 Å². The Morgan fingerprint density at radius 2 is 1.25 bits per heavy atom. The van der Waals surface area contributed by atoms with E-state index in [4.69, 9.17) is 0 Å². The van der Waals surface area contributed by atoms with Crippen LogP contribution in [0.3, 0.4) is 0 Å². The van der Waals surface area contributed by atoms with E-state index in [2.05, 4.69) is 9.47 Å². The van der Waals surface area contributed by atoms with Crippen LogP contribution in [0.15, 0.2) is 0 Å². The lowest BCUT2D eigenvalue weighted by atomic mass is 10.1. The van der Waals surface area contributed by atoms with Crippen LogP contribution in [0, 0.1) is 11.8 Å². The van der Waals surface area contributed by atoms with E-state index in [1.165, 1.54) is 0 Å². The fourth-order valence-electron chi connectivity index (χ4n) is 1.88. The highest BCUT2D eigenvalue weighted by atomic mass is 32.2. The maximum absolute atomic E-state index is 11.7. The first-order chi connectivity index (χ1) is 9.56. The molecule has 0 amide bonds. The first kappa shape index (κ1) is 15.9. The standard InChI is InChI=1S/C12H18O6S2/c13-11-9(7-17-11)1-3-19(15)5-6-20(16)4-2-10-8-18-12(10)14/h9-10H,1-8H2. The smallest absolute Gasteiger partial charge is 0.312 e. The summed E-state index contributed by atoms with van der Waals surface area (Å²) in [6.45, 7) is 0.860. The molecule has 2 heterocycles. The van der Waals surface area contributed by atoms with E-state index in [-0.39, 0.29) is 23.8 Å². The SMILES string of the molecule is O=C1OCC1CC[S+]([O-])CC[S+]([O-])CCC1COC1=O. The summed E-state index contributed by atoms with van der Waals surface area (Å²) in [5, 5.41) is 0. The number of ether oxygens (including phenoxy) is 2. The first-order valence-corrected chi connectivity index (χ1v) is 9.57. The lowest BCUT2D eigenvalue weighted by Gasteiger charge is -2.25. The second-order valence-corrected chi connectivity index (χ2v) is 8.32. The quantitative estimate of drug-likeness (QED) is 0.423. The van der Waals surface area contributed by atoms with Gasteiger partial charge in [-0.3, -0.25) is 9.59 Å². The highest BCUT2D eigenvalue weighted by Crippen LogP contribution is 2.19. The predicted molar refractivity (Wildman–Crippen MR) is 73.9 cm³/mol. The molecule has 0 aromatic carbocycles. The molecule has 0 saturated carbocycles. The summed E-state index contributed by atoms with van der Waals surface area (Å²) >= 11 is -2.09. The van der Waals surface area contributed by atoms with Gasteiger partial charge in [-0.05, 0) is 22.4 Å². The highest BCUT2D eigenvalue weighted by Gasteiger charge is 2.33. The van der Waals surface area contributed by atoms with Gasteiger partial charge in [0, 0.05) is 12.8 Å². The van der Waals surface area contributed by atoms with Crippen molar-refractivity contribution in [2.75, 3.05) is 36.2 Å². The molecule has 0 radical (unpaired) electrons. The fourth-order valence-corrected chi connectivity index (χ4v) is 4.87. The summed E-state index contributed by atoms with van der Waals surface area (Å²) in [6.07, 6.45) is 1.15. The van der Waals surface area contributed by atoms with Crippen LogP contribution in [0.1, 0.15) is 12.8 Å².